The number of nitrogens with two attached hydrogens (primary N) is 1. The lowest BCUT2D eigenvalue weighted by molar-refractivity contribution is 0.0745. The van der Waals surface area contributed by atoms with Crippen molar-refractivity contribution in [3.05, 3.63) is 16.3 Å². The molecule has 2 aromatic heterocycles. The summed E-state index contributed by atoms with van der Waals surface area (Å²) in [4.78, 5) is 24.9. The molecule has 0 saturated heterocycles. The Bertz CT molecular complexity index is 773. The number of amides is 1. The summed E-state index contributed by atoms with van der Waals surface area (Å²) >= 11 is 1.35. The van der Waals surface area contributed by atoms with E-state index in [9.17, 15) is 4.79 Å². The van der Waals surface area contributed by atoms with Crippen LogP contribution in [0.3, 0.4) is 0 Å². The summed E-state index contributed by atoms with van der Waals surface area (Å²) in [5, 5.41) is 0.780. The third-order valence-corrected chi connectivity index (χ3v) is 5.20. The van der Waals surface area contributed by atoms with E-state index < -0.39 is 0 Å². The van der Waals surface area contributed by atoms with Crippen LogP contribution in [-0.2, 0) is 11.3 Å². The number of fused-ring (bicyclic) bond motifs is 1. The SMILES string of the molecule is COCc1nc(OC)c2c(C)c(C(=O)N(C)CC(C)(C)CN)sc2n1. The quantitative estimate of drug-likeness (QED) is 0.808. The van der Waals surface area contributed by atoms with Gasteiger partial charge in [-0.15, -0.1) is 11.3 Å². The second-order valence-electron chi connectivity index (χ2n) is 6.85. The summed E-state index contributed by atoms with van der Waals surface area (Å²) < 4.78 is 10.5. The predicted molar refractivity (Wildman–Crippen MR) is 99.2 cm³/mol. The predicted octanol–water partition coefficient (Wildman–Crippen LogP) is 2.21. The molecule has 25 heavy (non-hydrogen) atoms. The molecule has 0 aliphatic carbocycles. The first-order valence-corrected chi connectivity index (χ1v) is 8.84. The number of aromatic nitrogens is 2. The van der Waals surface area contributed by atoms with Gasteiger partial charge in [0.1, 0.15) is 11.4 Å². The molecule has 2 N–H and O–H groups in total. The van der Waals surface area contributed by atoms with E-state index in [2.05, 4.69) is 9.97 Å². The summed E-state index contributed by atoms with van der Waals surface area (Å²) in [6, 6.07) is 0. The molecular formula is C17H26N4O3S. The lowest BCUT2D eigenvalue weighted by Gasteiger charge is -2.28. The van der Waals surface area contributed by atoms with Crippen molar-refractivity contribution >= 4 is 27.5 Å². The summed E-state index contributed by atoms with van der Waals surface area (Å²) in [6.45, 7) is 7.36. The van der Waals surface area contributed by atoms with Gasteiger partial charge in [0.15, 0.2) is 5.82 Å². The second-order valence-corrected chi connectivity index (χ2v) is 7.85. The van der Waals surface area contributed by atoms with E-state index in [1.807, 2.05) is 20.8 Å². The van der Waals surface area contributed by atoms with E-state index >= 15 is 0 Å². The number of carbonyl (C=O) groups excluding carboxylic acids is 1. The molecule has 2 aromatic rings. The van der Waals surface area contributed by atoms with Crippen molar-refractivity contribution in [2.24, 2.45) is 11.1 Å². The Labute approximate surface area is 152 Å². The number of hydrogen-bond donors (Lipinski definition) is 1. The highest BCUT2D eigenvalue weighted by atomic mass is 32.1. The highest BCUT2D eigenvalue weighted by Gasteiger charge is 2.26. The van der Waals surface area contributed by atoms with Gasteiger partial charge in [-0.1, -0.05) is 13.8 Å². The molecule has 0 atom stereocenters. The van der Waals surface area contributed by atoms with Crippen LogP contribution in [-0.4, -0.2) is 55.1 Å². The van der Waals surface area contributed by atoms with E-state index in [0.717, 1.165) is 15.8 Å². The standard InChI is InChI=1S/C17H26N4O3S/c1-10-12-14(24-6)19-11(7-23-5)20-15(12)25-13(10)16(22)21(4)9-17(2,3)8-18/h7-9,18H2,1-6H3. The number of methoxy groups -OCH3 is 2. The topological polar surface area (TPSA) is 90.6 Å². The van der Waals surface area contributed by atoms with Crippen LogP contribution in [0.1, 0.15) is 34.9 Å². The molecule has 0 aliphatic heterocycles. The summed E-state index contributed by atoms with van der Waals surface area (Å²) in [7, 11) is 4.94. The Kier molecular flexibility index (Phi) is 5.97. The Morgan fingerprint density at radius 2 is 2.00 bits per heavy atom. The molecule has 138 valence electrons. The van der Waals surface area contributed by atoms with Crippen LogP contribution in [0.5, 0.6) is 5.88 Å². The van der Waals surface area contributed by atoms with Crippen LogP contribution in [0.4, 0.5) is 0 Å². The molecule has 7 nitrogen and oxygen atoms in total. The fraction of sp³-hybridized carbons (Fsp3) is 0.588. The van der Waals surface area contributed by atoms with Crippen LogP contribution in [0.2, 0.25) is 0 Å². The van der Waals surface area contributed by atoms with Crippen LogP contribution in [0.15, 0.2) is 0 Å². The molecule has 0 radical (unpaired) electrons. The van der Waals surface area contributed by atoms with Crippen LogP contribution in [0, 0.1) is 12.3 Å². The lowest BCUT2D eigenvalue weighted by atomic mass is 9.93. The van der Waals surface area contributed by atoms with Gasteiger partial charge < -0.3 is 20.1 Å². The zero-order chi connectivity index (χ0) is 18.8. The van der Waals surface area contributed by atoms with Crippen LogP contribution in [0.25, 0.3) is 10.2 Å². The molecule has 0 fully saturated rings. The Balaban J connectivity index is 2.45. The molecule has 0 aromatic carbocycles. The molecule has 0 bridgehead atoms. The molecule has 8 heteroatoms. The first-order chi connectivity index (χ1) is 11.7. The molecule has 0 saturated carbocycles. The second kappa shape index (κ2) is 7.63. The van der Waals surface area contributed by atoms with Gasteiger partial charge in [-0.05, 0) is 24.4 Å². The summed E-state index contributed by atoms with van der Waals surface area (Å²) in [5.74, 6) is 0.955. The first kappa shape index (κ1) is 19.6. The number of thiophene rings is 1. The molecule has 1 amide bonds. The third-order valence-electron chi connectivity index (χ3n) is 4.03. The van der Waals surface area contributed by atoms with Crippen LogP contribution >= 0.6 is 11.3 Å². The monoisotopic (exact) mass is 366 g/mol. The van der Waals surface area contributed by atoms with E-state index in [1.54, 1.807) is 26.2 Å². The zero-order valence-electron chi connectivity index (χ0n) is 15.7. The van der Waals surface area contributed by atoms with E-state index in [0.29, 0.717) is 29.7 Å². The minimum atomic E-state index is -0.141. The molecule has 2 rings (SSSR count). The largest absolute Gasteiger partial charge is 0.480 e. The minimum absolute atomic E-state index is 0.0441. The normalized spacial score (nSPS) is 11.8. The number of aryl methyl sites for hydroxylation is 1. The number of rotatable bonds is 7. The Morgan fingerprint density at radius 1 is 1.32 bits per heavy atom. The van der Waals surface area contributed by atoms with Crippen molar-refractivity contribution in [3.8, 4) is 5.88 Å². The van der Waals surface area contributed by atoms with Crippen molar-refractivity contribution in [2.75, 3.05) is 34.4 Å². The molecule has 0 aliphatic rings. The number of ether oxygens (including phenoxy) is 2. The van der Waals surface area contributed by atoms with E-state index in [1.165, 1.54) is 11.3 Å². The highest BCUT2D eigenvalue weighted by molar-refractivity contribution is 7.20. The van der Waals surface area contributed by atoms with Gasteiger partial charge in [-0.2, -0.15) is 4.98 Å². The fourth-order valence-corrected chi connectivity index (χ4v) is 3.83. The van der Waals surface area contributed by atoms with E-state index in [-0.39, 0.29) is 17.9 Å². The van der Waals surface area contributed by atoms with E-state index in [4.69, 9.17) is 15.2 Å². The maximum atomic E-state index is 12.9. The van der Waals surface area contributed by atoms with Gasteiger partial charge in [0.2, 0.25) is 5.88 Å². The smallest absolute Gasteiger partial charge is 0.264 e. The highest BCUT2D eigenvalue weighted by Crippen LogP contribution is 2.35. The Morgan fingerprint density at radius 3 is 2.56 bits per heavy atom. The average molecular weight is 366 g/mol. The maximum Gasteiger partial charge on any atom is 0.264 e. The van der Waals surface area contributed by atoms with Gasteiger partial charge in [0.25, 0.3) is 5.91 Å². The van der Waals surface area contributed by atoms with Crippen molar-refractivity contribution in [2.45, 2.75) is 27.4 Å². The molecule has 0 spiro atoms. The van der Waals surface area contributed by atoms with Crippen molar-refractivity contribution < 1.29 is 14.3 Å². The zero-order valence-corrected chi connectivity index (χ0v) is 16.5. The average Bonchev–Trinajstić information content (AvgIpc) is 2.90. The van der Waals surface area contributed by atoms with Gasteiger partial charge in [0, 0.05) is 20.7 Å². The van der Waals surface area contributed by atoms with Crippen LogP contribution < -0.4 is 10.5 Å². The number of nitrogens with zero attached hydrogens (tertiary/aromatic N) is 3. The molecular weight excluding hydrogens is 340 g/mol. The molecule has 0 unspecified atom stereocenters. The van der Waals surface area contributed by atoms with Gasteiger partial charge in [-0.25, -0.2) is 4.98 Å². The maximum absolute atomic E-state index is 12.9. The van der Waals surface area contributed by atoms with Gasteiger partial charge >= 0.3 is 0 Å². The van der Waals surface area contributed by atoms with Crippen molar-refractivity contribution in [1.29, 1.82) is 0 Å². The minimum Gasteiger partial charge on any atom is -0.480 e. The van der Waals surface area contributed by atoms with Crippen molar-refractivity contribution in [1.82, 2.24) is 14.9 Å². The third kappa shape index (κ3) is 4.08. The fourth-order valence-electron chi connectivity index (χ4n) is 2.64. The van der Waals surface area contributed by atoms with Crippen molar-refractivity contribution in [3.63, 3.8) is 0 Å². The number of hydrogen-bond acceptors (Lipinski definition) is 7. The van der Waals surface area contributed by atoms with Gasteiger partial charge in [0.05, 0.1) is 17.4 Å². The summed E-state index contributed by atoms with van der Waals surface area (Å²) in [6.07, 6.45) is 0. The lowest BCUT2D eigenvalue weighted by Crippen LogP contribution is -2.39. The number of carbonyl (C=O) groups is 1. The summed E-state index contributed by atoms with van der Waals surface area (Å²) in [5.41, 5.74) is 6.48. The van der Waals surface area contributed by atoms with Gasteiger partial charge in [-0.3, -0.25) is 4.79 Å². The molecule has 2 heterocycles. The first-order valence-electron chi connectivity index (χ1n) is 8.02. The Hall–Kier alpha value is -1.77.